The van der Waals surface area contributed by atoms with E-state index in [1.165, 1.54) is 32.1 Å². The molecule has 0 aliphatic heterocycles. The molecule has 0 spiro atoms. The minimum absolute atomic E-state index is 0.00503. The molecule has 0 aromatic rings. The molecule has 2 aliphatic rings. The summed E-state index contributed by atoms with van der Waals surface area (Å²) in [5.74, 6) is 0.617. The van der Waals surface area contributed by atoms with Crippen LogP contribution in [0, 0.1) is 5.92 Å². The van der Waals surface area contributed by atoms with Crippen molar-refractivity contribution in [2.45, 2.75) is 70.0 Å². The number of likely N-dealkylation sites (N-methyl/N-ethyl adjacent to an activating group) is 1. The molecule has 0 saturated heterocycles. The summed E-state index contributed by atoms with van der Waals surface area (Å²) in [6.07, 6.45) is 7.43. The average Bonchev–Trinajstić information content (AvgIpc) is 3.20. The SMILES string of the molecule is CCN(CCC1CCCC1(CO)NC1CC1)C(C)COC. The number of hydrogen-bond acceptors (Lipinski definition) is 4. The second-order valence-corrected chi connectivity index (χ2v) is 7.04. The van der Waals surface area contributed by atoms with Crippen LogP contribution in [-0.4, -0.2) is 61.0 Å². The first-order valence-electron chi connectivity index (χ1n) is 8.76. The molecule has 0 heterocycles. The number of aliphatic hydroxyl groups is 1. The van der Waals surface area contributed by atoms with E-state index in [4.69, 9.17) is 4.74 Å². The Morgan fingerprint density at radius 3 is 2.71 bits per heavy atom. The Bertz CT molecular complexity index is 309. The maximum Gasteiger partial charge on any atom is 0.0616 e. The van der Waals surface area contributed by atoms with Crippen LogP contribution in [0.15, 0.2) is 0 Å². The molecule has 2 fully saturated rings. The van der Waals surface area contributed by atoms with Gasteiger partial charge in [-0.15, -0.1) is 0 Å². The van der Waals surface area contributed by atoms with Gasteiger partial charge in [-0.2, -0.15) is 0 Å². The van der Waals surface area contributed by atoms with Crippen LogP contribution < -0.4 is 5.32 Å². The van der Waals surface area contributed by atoms with Crippen molar-refractivity contribution in [1.82, 2.24) is 10.2 Å². The molecule has 0 aromatic carbocycles. The van der Waals surface area contributed by atoms with Crippen molar-refractivity contribution < 1.29 is 9.84 Å². The quantitative estimate of drug-likeness (QED) is 0.648. The maximum absolute atomic E-state index is 9.98. The highest BCUT2D eigenvalue weighted by Crippen LogP contribution is 2.40. The third-order valence-corrected chi connectivity index (χ3v) is 5.51. The fraction of sp³-hybridized carbons (Fsp3) is 1.00. The molecule has 4 nitrogen and oxygen atoms in total. The summed E-state index contributed by atoms with van der Waals surface area (Å²) in [5, 5.41) is 13.8. The van der Waals surface area contributed by atoms with Crippen LogP contribution in [0.25, 0.3) is 0 Å². The molecule has 0 amide bonds. The lowest BCUT2D eigenvalue weighted by molar-refractivity contribution is 0.0813. The Hall–Kier alpha value is -0.160. The predicted octanol–water partition coefficient (Wildman–Crippen LogP) is 2.02. The summed E-state index contributed by atoms with van der Waals surface area (Å²) < 4.78 is 5.29. The smallest absolute Gasteiger partial charge is 0.0616 e. The molecular weight excluding hydrogens is 264 g/mol. The van der Waals surface area contributed by atoms with E-state index in [1.807, 2.05) is 0 Å². The van der Waals surface area contributed by atoms with Gasteiger partial charge in [0, 0.05) is 24.7 Å². The Labute approximate surface area is 130 Å². The molecule has 0 radical (unpaired) electrons. The summed E-state index contributed by atoms with van der Waals surface area (Å²) in [5.41, 5.74) is 0.00503. The van der Waals surface area contributed by atoms with Crippen LogP contribution >= 0.6 is 0 Å². The van der Waals surface area contributed by atoms with Crippen LogP contribution in [-0.2, 0) is 4.74 Å². The normalized spacial score (nSPS) is 31.0. The molecule has 2 rings (SSSR count). The molecule has 2 saturated carbocycles. The lowest BCUT2D eigenvalue weighted by Crippen LogP contribution is -2.53. The molecule has 3 atom stereocenters. The van der Waals surface area contributed by atoms with E-state index in [0.29, 0.717) is 24.6 Å². The van der Waals surface area contributed by atoms with Crippen LogP contribution in [0.3, 0.4) is 0 Å². The fourth-order valence-electron chi connectivity index (χ4n) is 4.00. The van der Waals surface area contributed by atoms with Gasteiger partial charge in [-0.3, -0.25) is 4.90 Å². The van der Waals surface area contributed by atoms with Crippen molar-refractivity contribution in [2.24, 2.45) is 5.92 Å². The van der Waals surface area contributed by atoms with Gasteiger partial charge in [-0.25, -0.2) is 0 Å². The molecule has 3 unspecified atom stereocenters. The van der Waals surface area contributed by atoms with E-state index in [1.54, 1.807) is 7.11 Å². The highest BCUT2D eigenvalue weighted by Gasteiger charge is 2.44. The Morgan fingerprint density at radius 2 is 2.14 bits per heavy atom. The van der Waals surface area contributed by atoms with Gasteiger partial charge in [0.1, 0.15) is 0 Å². The minimum atomic E-state index is 0.00503. The monoisotopic (exact) mass is 298 g/mol. The Balaban J connectivity index is 1.87. The van der Waals surface area contributed by atoms with Crippen molar-refractivity contribution in [3.05, 3.63) is 0 Å². The van der Waals surface area contributed by atoms with Crippen LogP contribution in [0.4, 0.5) is 0 Å². The standard InChI is InChI=1S/C17H34N2O2/c1-4-19(14(2)12-21-3)11-9-15-6-5-10-17(15,13-20)18-16-7-8-16/h14-16,18,20H,4-13H2,1-3H3. The van der Waals surface area contributed by atoms with Crippen molar-refractivity contribution in [1.29, 1.82) is 0 Å². The third kappa shape index (κ3) is 4.41. The van der Waals surface area contributed by atoms with E-state index in [0.717, 1.165) is 26.1 Å². The lowest BCUT2D eigenvalue weighted by atomic mass is 9.85. The van der Waals surface area contributed by atoms with Gasteiger partial charge in [-0.1, -0.05) is 13.3 Å². The van der Waals surface area contributed by atoms with Crippen molar-refractivity contribution in [3.8, 4) is 0 Å². The Morgan fingerprint density at radius 1 is 1.38 bits per heavy atom. The van der Waals surface area contributed by atoms with Crippen LogP contribution in [0.2, 0.25) is 0 Å². The van der Waals surface area contributed by atoms with Gasteiger partial charge in [0.2, 0.25) is 0 Å². The molecule has 0 bridgehead atoms. The number of aliphatic hydroxyl groups excluding tert-OH is 1. The van der Waals surface area contributed by atoms with Gasteiger partial charge >= 0.3 is 0 Å². The summed E-state index contributed by atoms with van der Waals surface area (Å²) >= 11 is 0. The number of methoxy groups -OCH3 is 1. The van der Waals surface area contributed by atoms with Crippen molar-refractivity contribution in [3.63, 3.8) is 0 Å². The maximum atomic E-state index is 9.98. The average molecular weight is 298 g/mol. The number of hydrogen-bond donors (Lipinski definition) is 2. The molecule has 0 aromatic heterocycles. The zero-order chi connectivity index (χ0) is 15.3. The number of rotatable bonds is 10. The molecule has 4 heteroatoms. The molecule has 2 N–H and O–H groups in total. The lowest BCUT2D eigenvalue weighted by Gasteiger charge is -2.37. The minimum Gasteiger partial charge on any atom is -0.394 e. The first-order chi connectivity index (χ1) is 10.1. The summed E-state index contributed by atoms with van der Waals surface area (Å²) in [4.78, 5) is 2.50. The molecular formula is C17H34N2O2. The van der Waals surface area contributed by atoms with Gasteiger partial charge in [-0.05, 0) is 58.0 Å². The Kier molecular flexibility index (Phi) is 6.48. The van der Waals surface area contributed by atoms with E-state index in [9.17, 15) is 5.11 Å². The fourth-order valence-corrected chi connectivity index (χ4v) is 4.00. The predicted molar refractivity (Wildman–Crippen MR) is 86.5 cm³/mol. The van der Waals surface area contributed by atoms with Crippen LogP contribution in [0.1, 0.15) is 52.4 Å². The van der Waals surface area contributed by atoms with Gasteiger partial charge in [0.05, 0.1) is 13.2 Å². The number of nitrogens with one attached hydrogen (secondary N) is 1. The van der Waals surface area contributed by atoms with E-state index in [2.05, 4.69) is 24.1 Å². The number of nitrogens with zero attached hydrogens (tertiary/aromatic N) is 1. The van der Waals surface area contributed by atoms with Crippen LogP contribution in [0.5, 0.6) is 0 Å². The topological polar surface area (TPSA) is 44.7 Å². The van der Waals surface area contributed by atoms with Gasteiger partial charge in [0.25, 0.3) is 0 Å². The highest BCUT2D eigenvalue weighted by molar-refractivity contribution is 5.03. The largest absolute Gasteiger partial charge is 0.394 e. The third-order valence-electron chi connectivity index (χ3n) is 5.51. The van der Waals surface area contributed by atoms with Crippen molar-refractivity contribution >= 4 is 0 Å². The zero-order valence-corrected chi connectivity index (χ0v) is 14.1. The first kappa shape index (κ1) is 17.2. The molecule has 21 heavy (non-hydrogen) atoms. The first-order valence-corrected chi connectivity index (χ1v) is 8.76. The highest BCUT2D eigenvalue weighted by atomic mass is 16.5. The van der Waals surface area contributed by atoms with Gasteiger partial charge in [0.15, 0.2) is 0 Å². The van der Waals surface area contributed by atoms with E-state index >= 15 is 0 Å². The zero-order valence-electron chi connectivity index (χ0n) is 14.1. The second-order valence-electron chi connectivity index (χ2n) is 7.04. The number of ether oxygens (including phenoxy) is 1. The van der Waals surface area contributed by atoms with E-state index < -0.39 is 0 Å². The van der Waals surface area contributed by atoms with E-state index in [-0.39, 0.29) is 5.54 Å². The summed E-state index contributed by atoms with van der Waals surface area (Å²) in [6.45, 7) is 7.74. The second kappa shape index (κ2) is 7.91. The summed E-state index contributed by atoms with van der Waals surface area (Å²) in [6, 6.07) is 1.15. The molecule has 124 valence electrons. The summed E-state index contributed by atoms with van der Waals surface area (Å²) in [7, 11) is 1.78. The molecule has 2 aliphatic carbocycles. The van der Waals surface area contributed by atoms with Gasteiger partial charge < -0.3 is 15.2 Å². The van der Waals surface area contributed by atoms with Crippen molar-refractivity contribution in [2.75, 3.05) is 33.4 Å².